The average Bonchev–Trinajstić information content (AvgIpc) is 2.63. The van der Waals surface area contributed by atoms with Gasteiger partial charge in [-0.2, -0.15) is 13.2 Å². The number of benzene rings is 1. The van der Waals surface area contributed by atoms with Crippen LogP contribution in [0.3, 0.4) is 0 Å². The van der Waals surface area contributed by atoms with Crippen molar-refractivity contribution in [3.63, 3.8) is 0 Å². The van der Waals surface area contributed by atoms with Crippen molar-refractivity contribution in [1.29, 1.82) is 0 Å². The molecule has 0 radical (unpaired) electrons. The first-order valence-electron chi connectivity index (χ1n) is 5.12. The number of halogens is 3. The van der Waals surface area contributed by atoms with Crippen LogP contribution in [-0.2, 0) is 6.18 Å². The maximum atomic E-state index is 12.5. The van der Waals surface area contributed by atoms with Crippen LogP contribution in [0.1, 0.15) is 17.0 Å². The summed E-state index contributed by atoms with van der Waals surface area (Å²) in [4.78, 5) is 0. The summed E-state index contributed by atoms with van der Waals surface area (Å²) in [6, 6.07) is 5.30. The van der Waals surface area contributed by atoms with Crippen molar-refractivity contribution in [1.82, 2.24) is 5.32 Å². The van der Waals surface area contributed by atoms with Crippen LogP contribution in [0.4, 0.5) is 13.2 Å². The molecule has 88 valence electrons. The summed E-state index contributed by atoms with van der Waals surface area (Å²) >= 11 is 0. The molecule has 0 amide bonds. The predicted octanol–water partition coefficient (Wildman–Crippen LogP) is 1.72. The number of nitrogens with two attached hydrogens (primary N) is 1. The standard InChI is InChI=1S/C11H13F3N2/c12-11(13,14)8-3-1-2-7(4-8)9-5-16-6-10(9)15/h1-4,9-10,16H,5-6,15H2. The van der Waals surface area contributed by atoms with Gasteiger partial charge in [0.2, 0.25) is 0 Å². The second-order valence-electron chi connectivity index (χ2n) is 4.05. The zero-order chi connectivity index (χ0) is 11.8. The molecule has 0 saturated carbocycles. The minimum absolute atomic E-state index is 0.0256. The van der Waals surface area contributed by atoms with Crippen molar-refractivity contribution >= 4 is 0 Å². The highest BCUT2D eigenvalue weighted by molar-refractivity contribution is 5.30. The first-order valence-corrected chi connectivity index (χ1v) is 5.12. The molecular weight excluding hydrogens is 217 g/mol. The Hall–Kier alpha value is -1.07. The van der Waals surface area contributed by atoms with Gasteiger partial charge < -0.3 is 11.1 Å². The van der Waals surface area contributed by atoms with Crippen LogP contribution in [-0.4, -0.2) is 19.1 Å². The predicted molar refractivity (Wildman–Crippen MR) is 55.0 cm³/mol. The SMILES string of the molecule is NC1CNCC1c1cccc(C(F)(F)F)c1. The fraction of sp³-hybridized carbons (Fsp3) is 0.455. The molecule has 2 atom stereocenters. The van der Waals surface area contributed by atoms with Crippen LogP contribution in [0.25, 0.3) is 0 Å². The summed E-state index contributed by atoms with van der Waals surface area (Å²) in [6.45, 7) is 1.30. The van der Waals surface area contributed by atoms with Crippen molar-refractivity contribution in [2.45, 2.75) is 18.1 Å². The summed E-state index contributed by atoms with van der Waals surface area (Å²) in [7, 11) is 0. The molecular formula is C11H13F3N2. The lowest BCUT2D eigenvalue weighted by molar-refractivity contribution is -0.137. The molecule has 1 saturated heterocycles. The normalized spacial score (nSPS) is 26.0. The zero-order valence-electron chi connectivity index (χ0n) is 8.59. The van der Waals surface area contributed by atoms with Gasteiger partial charge in [0.25, 0.3) is 0 Å². The van der Waals surface area contributed by atoms with Gasteiger partial charge in [-0.1, -0.05) is 18.2 Å². The highest BCUT2D eigenvalue weighted by Gasteiger charge is 2.32. The quantitative estimate of drug-likeness (QED) is 0.771. The number of rotatable bonds is 1. The summed E-state index contributed by atoms with van der Waals surface area (Å²) in [5.74, 6) is -0.0256. The highest BCUT2D eigenvalue weighted by atomic mass is 19.4. The van der Waals surface area contributed by atoms with E-state index in [2.05, 4.69) is 5.32 Å². The van der Waals surface area contributed by atoms with E-state index in [1.54, 1.807) is 6.07 Å². The summed E-state index contributed by atoms with van der Waals surface area (Å²) in [5.41, 5.74) is 5.88. The molecule has 1 aromatic carbocycles. The van der Waals surface area contributed by atoms with Crippen molar-refractivity contribution in [2.24, 2.45) is 5.73 Å². The molecule has 1 heterocycles. The van der Waals surface area contributed by atoms with E-state index in [1.165, 1.54) is 12.1 Å². The van der Waals surface area contributed by atoms with Crippen LogP contribution in [0.15, 0.2) is 24.3 Å². The molecule has 1 aromatic rings. The Morgan fingerprint density at radius 2 is 2.00 bits per heavy atom. The molecule has 3 N–H and O–H groups in total. The maximum absolute atomic E-state index is 12.5. The van der Waals surface area contributed by atoms with Crippen LogP contribution in [0.5, 0.6) is 0 Å². The Balaban J connectivity index is 2.29. The van der Waals surface area contributed by atoms with Gasteiger partial charge in [-0.25, -0.2) is 0 Å². The second kappa shape index (κ2) is 4.07. The van der Waals surface area contributed by atoms with Gasteiger partial charge in [-0.05, 0) is 11.6 Å². The Kier molecular flexibility index (Phi) is 2.90. The smallest absolute Gasteiger partial charge is 0.326 e. The third-order valence-electron chi connectivity index (χ3n) is 2.90. The van der Waals surface area contributed by atoms with Gasteiger partial charge in [-0.3, -0.25) is 0 Å². The van der Waals surface area contributed by atoms with Crippen molar-refractivity contribution in [2.75, 3.05) is 13.1 Å². The third-order valence-corrected chi connectivity index (χ3v) is 2.90. The Morgan fingerprint density at radius 3 is 2.56 bits per heavy atom. The largest absolute Gasteiger partial charge is 0.416 e. The summed E-state index contributed by atoms with van der Waals surface area (Å²) in [5, 5.41) is 3.07. The van der Waals surface area contributed by atoms with Crippen LogP contribution < -0.4 is 11.1 Å². The second-order valence-corrected chi connectivity index (χ2v) is 4.05. The van der Waals surface area contributed by atoms with Crippen molar-refractivity contribution in [3.05, 3.63) is 35.4 Å². The van der Waals surface area contributed by atoms with Crippen LogP contribution in [0, 0.1) is 0 Å². The molecule has 16 heavy (non-hydrogen) atoms. The molecule has 0 aliphatic carbocycles. The minimum Gasteiger partial charge on any atom is -0.326 e. The van der Waals surface area contributed by atoms with Gasteiger partial charge >= 0.3 is 6.18 Å². The number of hydrogen-bond donors (Lipinski definition) is 2. The highest BCUT2D eigenvalue weighted by Crippen LogP contribution is 2.32. The average molecular weight is 230 g/mol. The lowest BCUT2D eigenvalue weighted by atomic mass is 9.93. The van der Waals surface area contributed by atoms with Gasteiger partial charge in [0.1, 0.15) is 0 Å². The van der Waals surface area contributed by atoms with Gasteiger partial charge in [0.05, 0.1) is 5.56 Å². The number of nitrogens with one attached hydrogen (secondary N) is 1. The van der Waals surface area contributed by atoms with E-state index in [0.717, 1.165) is 6.07 Å². The van der Waals surface area contributed by atoms with E-state index in [9.17, 15) is 13.2 Å². The molecule has 2 nitrogen and oxygen atoms in total. The monoisotopic (exact) mass is 230 g/mol. The van der Waals surface area contributed by atoms with Crippen molar-refractivity contribution in [3.8, 4) is 0 Å². The Labute approximate surface area is 91.6 Å². The number of alkyl halides is 3. The molecule has 1 aliphatic heterocycles. The van der Waals surface area contributed by atoms with Crippen LogP contribution >= 0.6 is 0 Å². The van der Waals surface area contributed by atoms with E-state index >= 15 is 0 Å². The molecule has 0 spiro atoms. The van der Waals surface area contributed by atoms with E-state index in [1.807, 2.05) is 0 Å². The van der Waals surface area contributed by atoms with Crippen molar-refractivity contribution < 1.29 is 13.2 Å². The number of hydrogen-bond acceptors (Lipinski definition) is 2. The lowest BCUT2D eigenvalue weighted by Crippen LogP contribution is -2.27. The molecule has 1 fully saturated rings. The van der Waals surface area contributed by atoms with Crippen LogP contribution in [0.2, 0.25) is 0 Å². The van der Waals surface area contributed by atoms with Gasteiger partial charge in [0, 0.05) is 25.0 Å². The maximum Gasteiger partial charge on any atom is 0.416 e. The van der Waals surface area contributed by atoms with Gasteiger partial charge in [0.15, 0.2) is 0 Å². The summed E-state index contributed by atoms with van der Waals surface area (Å²) < 4.78 is 37.5. The summed E-state index contributed by atoms with van der Waals surface area (Å²) in [6.07, 6.45) is -4.29. The fourth-order valence-electron chi connectivity index (χ4n) is 2.01. The first kappa shape index (κ1) is 11.4. The van der Waals surface area contributed by atoms with Gasteiger partial charge in [-0.15, -0.1) is 0 Å². The molecule has 1 aliphatic rings. The molecule has 0 bridgehead atoms. The van der Waals surface area contributed by atoms with E-state index in [4.69, 9.17) is 5.73 Å². The molecule has 5 heteroatoms. The third kappa shape index (κ3) is 2.20. The lowest BCUT2D eigenvalue weighted by Gasteiger charge is -2.16. The molecule has 2 rings (SSSR count). The molecule has 2 unspecified atom stereocenters. The van der Waals surface area contributed by atoms with E-state index < -0.39 is 11.7 Å². The Bertz CT molecular complexity index is 376. The fourth-order valence-corrected chi connectivity index (χ4v) is 2.01. The van der Waals surface area contributed by atoms with E-state index in [0.29, 0.717) is 18.7 Å². The first-order chi connectivity index (χ1) is 7.48. The topological polar surface area (TPSA) is 38.0 Å². The Morgan fingerprint density at radius 1 is 1.25 bits per heavy atom. The zero-order valence-corrected chi connectivity index (χ0v) is 8.59. The minimum atomic E-state index is -4.29. The van der Waals surface area contributed by atoms with E-state index in [-0.39, 0.29) is 12.0 Å². The molecule has 0 aromatic heterocycles.